The molecule has 2 N–H and O–H groups in total. The molecule has 12 heteroatoms. The fourth-order valence-corrected chi connectivity index (χ4v) is 5.76. The monoisotopic (exact) mass is 505 g/mol. The van der Waals surface area contributed by atoms with Crippen LogP contribution in [0.3, 0.4) is 0 Å². The molecule has 2 fully saturated rings. The van der Waals surface area contributed by atoms with Crippen LogP contribution in [0.2, 0.25) is 0 Å². The molecule has 1 amide bonds. The highest BCUT2D eigenvalue weighted by atomic mass is 32.2. The third-order valence-electron chi connectivity index (χ3n) is 6.06. The Bertz CT molecular complexity index is 1010. The highest BCUT2D eigenvalue weighted by Gasteiger charge is 2.60. The first-order valence-corrected chi connectivity index (χ1v) is 12.7. The van der Waals surface area contributed by atoms with E-state index in [0.29, 0.717) is 17.1 Å². The number of nitrogens with zero attached hydrogens (tertiary/aromatic N) is 2. The molecular formula is C21H23F4N3O3S2. The topological polar surface area (TPSA) is 88.5 Å². The largest absolute Gasteiger partial charge is 0.598 e. The molecule has 4 rings (SSSR count). The highest BCUT2D eigenvalue weighted by molar-refractivity contribution is 7.89. The number of hydrogen-bond donors (Lipinski definition) is 2. The Labute approximate surface area is 195 Å². The van der Waals surface area contributed by atoms with Crippen LogP contribution in [0.4, 0.5) is 17.6 Å². The van der Waals surface area contributed by atoms with Crippen molar-refractivity contribution < 1.29 is 32.0 Å². The molecule has 2 aliphatic rings. The lowest BCUT2D eigenvalue weighted by atomic mass is 9.79. The van der Waals surface area contributed by atoms with Crippen LogP contribution in [0.15, 0.2) is 23.6 Å². The van der Waals surface area contributed by atoms with Gasteiger partial charge in [-0.15, -0.1) is 16.1 Å². The molecule has 1 aromatic heterocycles. The molecule has 3 atom stereocenters. The van der Waals surface area contributed by atoms with E-state index in [2.05, 4.69) is 9.71 Å². The highest BCUT2D eigenvalue weighted by Crippen LogP contribution is 2.40. The van der Waals surface area contributed by atoms with E-state index in [1.807, 2.05) is 0 Å². The molecular weight excluding hydrogens is 482 g/mol. The van der Waals surface area contributed by atoms with Crippen LogP contribution in [0, 0.1) is 11.6 Å². The lowest BCUT2D eigenvalue weighted by Crippen LogP contribution is -2.57. The van der Waals surface area contributed by atoms with Crippen molar-refractivity contribution >= 4 is 28.6 Å². The van der Waals surface area contributed by atoms with E-state index in [4.69, 9.17) is 0 Å². The zero-order chi connectivity index (χ0) is 24.0. The number of aliphatic hydroxyl groups is 1. The number of hydrogen-bond acceptors (Lipinski definition) is 6. The summed E-state index contributed by atoms with van der Waals surface area (Å²) in [5, 5.41) is 12.4. The number of benzene rings is 1. The van der Waals surface area contributed by atoms with E-state index in [-0.39, 0.29) is 30.6 Å². The summed E-state index contributed by atoms with van der Waals surface area (Å²) in [6.45, 7) is 0.666. The molecule has 6 nitrogen and oxygen atoms in total. The van der Waals surface area contributed by atoms with Crippen LogP contribution in [0.25, 0.3) is 10.6 Å². The number of likely N-dealkylation sites (tertiary alicyclic amines) is 1. The van der Waals surface area contributed by atoms with Gasteiger partial charge in [-0.3, -0.25) is 4.79 Å². The number of rotatable bonds is 7. The van der Waals surface area contributed by atoms with Gasteiger partial charge in [-0.1, -0.05) is 0 Å². The van der Waals surface area contributed by atoms with Gasteiger partial charge in [0.2, 0.25) is 0 Å². The Morgan fingerprint density at radius 1 is 1.33 bits per heavy atom. The van der Waals surface area contributed by atoms with Crippen LogP contribution in [-0.4, -0.2) is 61.4 Å². The molecule has 0 spiro atoms. The summed E-state index contributed by atoms with van der Waals surface area (Å²) >= 11 is -0.652. The van der Waals surface area contributed by atoms with Gasteiger partial charge in [0.1, 0.15) is 34.0 Å². The summed E-state index contributed by atoms with van der Waals surface area (Å²) in [7, 11) is 0. The minimum absolute atomic E-state index is 0.100. The summed E-state index contributed by atoms with van der Waals surface area (Å²) in [6, 6.07) is 0.241. The van der Waals surface area contributed by atoms with Gasteiger partial charge < -0.3 is 14.6 Å². The average molecular weight is 506 g/mol. The maximum Gasteiger partial charge on any atom is 0.286 e. The fourth-order valence-electron chi connectivity index (χ4n) is 4.16. The summed E-state index contributed by atoms with van der Waals surface area (Å²) < 4.78 is 71.6. The minimum Gasteiger partial charge on any atom is -0.598 e. The maximum atomic E-state index is 15.0. The van der Waals surface area contributed by atoms with Gasteiger partial charge in [-0.05, 0) is 38.3 Å². The molecule has 2 aromatic rings. The van der Waals surface area contributed by atoms with Crippen molar-refractivity contribution in [3.05, 3.63) is 40.9 Å². The molecule has 3 unspecified atom stereocenters. The van der Waals surface area contributed by atoms with E-state index < -0.39 is 59.1 Å². The Balaban J connectivity index is 1.63. The molecule has 33 heavy (non-hydrogen) atoms. The number of carbonyl (C=O) groups is 1. The van der Waals surface area contributed by atoms with Crippen LogP contribution in [-0.2, 0) is 22.6 Å². The maximum absolute atomic E-state index is 15.0. The number of amides is 1. The molecule has 180 valence electrons. The van der Waals surface area contributed by atoms with Crippen molar-refractivity contribution in [3.63, 3.8) is 0 Å². The van der Waals surface area contributed by atoms with Gasteiger partial charge in [0.15, 0.2) is 0 Å². The quantitative estimate of drug-likeness (QED) is 0.446. The zero-order valence-corrected chi connectivity index (χ0v) is 19.3. The normalized spacial score (nSPS) is 24.5. The first-order chi connectivity index (χ1) is 15.5. The van der Waals surface area contributed by atoms with Gasteiger partial charge in [-0.25, -0.2) is 22.5 Å². The molecule has 0 bridgehead atoms. The van der Waals surface area contributed by atoms with Crippen molar-refractivity contribution in [2.24, 2.45) is 0 Å². The van der Waals surface area contributed by atoms with E-state index in [1.165, 1.54) is 0 Å². The predicted molar refractivity (Wildman–Crippen MR) is 116 cm³/mol. The number of halogens is 4. The second-order valence-corrected chi connectivity index (χ2v) is 10.7. The first-order valence-electron chi connectivity index (χ1n) is 10.5. The van der Waals surface area contributed by atoms with Crippen LogP contribution in [0.1, 0.15) is 31.9 Å². The third-order valence-corrected chi connectivity index (χ3v) is 8.04. The molecule has 1 aliphatic carbocycles. The van der Waals surface area contributed by atoms with E-state index >= 15 is 0 Å². The van der Waals surface area contributed by atoms with E-state index in [1.54, 1.807) is 12.3 Å². The Kier molecular flexibility index (Phi) is 6.76. The first kappa shape index (κ1) is 24.4. The number of carbonyl (C=O) groups excluding carboxylic acids is 1. The van der Waals surface area contributed by atoms with Crippen molar-refractivity contribution in [1.82, 2.24) is 14.6 Å². The molecule has 1 aliphatic heterocycles. The van der Waals surface area contributed by atoms with Crippen LogP contribution >= 0.6 is 11.3 Å². The van der Waals surface area contributed by atoms with Crippen molar-refractivity contribution in [3.8, 4) is 10.6 Å². The molecule has 1 saturated carbocycles. The molecule has 0 radical (unpaired) electrons. The predicted octanol–water partition coefficient (Wildman–Crippen LogP) is 3.03. The van der Waals surface area contributed by atoms with E-state index in [9.17, 15) is 32.0 Å². The van der Waals surface area contributed by atoms with Gasteiger partial charge in [0, 0.05) is 34.8 Å². The summed E-state index contributed by atoms with van der Waals surface area (Å²) in [4.78, 5) is 18.3. The second kappa shape index (κ2) is 9.14. The van der Waals surface area contributed by atoms with Crippen LogP contribution < -0.4 is 4.72 Å². The lowest BCUT2D eigenvalue weighted by Gasteiger charge is -2.39. The minimum atomic E-state index is -3.38. The standard InChI is InChI=1S/C21H23F4N3O3S2/c1-2-33(31)27-17-16(28(11-21(17,24)25)19(29)20(30)4-3-5-20)9-15-10-32-18(26-15)12-6-13(22)8-14(23)7-12/h6-8,10,16-17,27,30H,2-5,9,11H2,1H3. The summed E-state index contributed by atoms with van der Waals surface area (Å²) in [5.74, 6) is -5.59. The van der Waals surface area contributed by atoms with Gasteiger partial charge in [-0.2, -0.15) is 0 Å². The van der Waals surface area contributed by atoms with Crippen LogP contribution in [0.5, 0.6) is 0 Å². The Morgan fingerprint density at radius 2 is 2.00 bits per heavy atom. The molecule has 1 aromatic carbocycles. The van der Waals surface area contributed by atoms with E-state index in [0.717, 1.165) is 34.4 Å². The SMILES string of the molecule is CC[S+]([O-])NC1C(Cc2csc(-c3cc(F)cc(F)c3)n2)N(C(=O)C2(O)CCC2)CC1(F)F. The number of alkyl halides is 2. The van der Waals surface area contributed by atoms with Gasteiger partial charge in [0.25, 0.3) is 11.8 Å². The smallest absolute Gasteiger partial charge is 0.286 e. The second-order valence-electron chi connectivity index (χ2n) is 8.38. The summed E-state index contributed by atoms with van der Waals surface area (Å²) in [6.07, 6.45) is 0.916. The average Bonchev–Trinajstić information content (AvgIpc) is 3.28. The molecule has 1 saturated heterocycles. The van der Waals surface area contributed by atoms with Crippen molar-refractivity contribution in [1.29, 1.82) is 0 Å². The molecule has 2 heterocycles. The zero-order valence-electron chi connectivity index (χ0n) is 17.7. The Morgan fingerprint density at radius 3 is 2.58 bits per heavy atom. The fraction of sp³-hybridized carbons (Fsp3) is 0.524. The van der Waals surface area contributed by atoms with Gasteiger partial charge in [0.05, 0.1) is 18.3 Å². The van der Waals surface area contributed by atoms with Gasteiger partial charge >= 0.3 is 0 Å². The number of nitrogens with one attached hydrogen (secondary N) is 1. The Hall–Kier alpha value is -1.73. The van der Waals surface area contributed by atoms with Crippen molar-refractivity contribution in [2.75, 3.05) is 12.3 Å². The lowest BCUT2D eigenvalue weighted by molar-refractivity contribution is -0.162. The third kappa shape index (κ3) is 4.90. The number of aromatic nitrogens is 1. The van der Waals surface area contributed by atoms with Crippen molar-refractivity contribution in [2.45, 2.75) is 56.2 Å². The number of thiazole rings is 1. The summed E-state index contributed by atoms with van der Waals surface area (Å²) in [5.41, 5.74) is -1.12.